The van der Waals surface area contributed by atoms with Crippen LogP contribution in [-0.2, 0) is 4.74 Å². The minimum absolute atomic E-state index is 0.0785. The SMILES string of the molecule is COc1ccc(C2CNC(C(C)C)CO2)cc1OC. The van der Waals surface area contributed by atoms with Crippen molar-refractivity contribution in [2.45, 2.75) is 26.0 Å². The first-order chi connectivity index (χ1) is 9.15. The number of hydrogen-bond acceptors (Lipinski definition) is 4. The van der Waals surface area contributed by atoms with Gasteiger partial charge in [-0.3, -0.25) is 0 Å². The lowest BCUT2D eigenvalue weighted by Gasteiger charge is -2.33. The van der Waals surface area contributed by atoms with Gasteiger partial charge < -0.3 is 19.5 Å². The van der Waals surface area contributed by atoms with Crippen LogP contribution in [0.4, 0.5) is 0 Å². The number of methoxy groups -OCH3 is 2. The lowest BCUT2D eigenvalue weighted by atomic mass is 10.0. The maximum absolute atomic E-state index is 5.95. The Morgan fingerprint density at radius 2 is 1.95 bits per heavy atom. The first-order valence-electron chi connectivity index (χ1n) is 6.72. The van der Waals surface area contributed by atoms with Crippen LogP contribution in [0.3, 0.4) is 0 Å². The van der Waals surface area contributed by atoms with Crippen molar-refractivity contribution in [3.8, 4) is 11.5 Å². The van der Waals surface area contributed by atoms with Crippen LogP contribution in [0.2, 0.25) is 0 Å². The van der Waals surface area contributed by atoms with Gasteiger partial charge in [-0.05, 0) is 23.6 Å². The molecule has 0 aliphatic carbocycles. The molecule has 1 fully saturated rings. The van der Waals surface area contributed by atoms with Crippen molar-refractivity contribution in [1.29, 1.82) is 0 Å². The summed E-state index contributed by atoms with van der Waals surface area (Å²) in [5, 5.41) is 3.54. The third kappa shape index (κ3) is 3.19. The van der Waals surface area contributed by atoms with Crippen molar-refractivity contribution >= 4 is 0 Å². The Balaban J connectivity index is 2.07. The van der Waals surface area contributed by atoms with Gasteiger partial charge in [-0.1, -0.05) is 19.9 Å². The molecule has 106 valence electrons. The van der Waals surface area contributed by atoms with E-state index in [4.69, 9.17) is 14.2 Å². The minimum Gasteiger partial charge on any atom is -0.493 e. The third-order valence-electron chi connectivity index (χ3n) is 3.63. The van der Waals surface area contributed by atoms with Crippen LogP contribution in [0, 0.1) is 5.92 Å². The summed E-state index contributed by atoms with van der Waals surface area (Å²) >= 11 is 0. The summed E-state index contributed by atoms with van der Waals surface area (Å²) in [5.41, 5.74) is 1.12. The molecule has 1 aromatic carbocycles. The van der Waals surface area contributed by atoms with Crippen LogP contribution in [0.5, 0.6) is 11.5 Å². The van der Waals surface area contributed by atoms with E-state index in [9.17, 15) is 0 Å². The van der Waals surface area contributed by atoms with E-state index in [-0.39, 0.29) is 6.10 Å². The Morgan fingerprint density at radius 1 is 1.21 bits per heavy atom. The fourth-order valence-corrected chi connectivity index (χ4v) is 2.29. The number of hydrogen-bond donors (Lipinski definition) is 1. The van der Waals surface area contributed by atoms with E-state index >= 15 is 0 Å². The lowest BCUT2D eigenvalue weighted by molar-refractivity contribution is -0.00722. The monoisotopic (exact) mass is 265 g/mol. The van der Waals surface area contributed by atoms with Crippen LogP contribution in [0.1, 0.15) is 25.5 Å². The van der Waals surface area contributed by atoms with Gasteiger partial charge in [0.15, 0.2) is 11.5 Å². The molecule has 0 amide bonds. The van der Waals surface area contributed by atoms with E-state index in [0.717, 1.165) is 30.2 Å². The molecule has 2 rings (SSSR count). The molecule has 2 atom stereocenters. The van der Waals surface area contributed by atoms with Gasteiger partial charge in [-0.15, -0.1) is 0 Å². The van der Waals surface area contributed by atoms with Crippen molar-refractivity contribution in [3.05, 3.63) is 23.8 Å². The molecule has 1 saturated heterocycles. The number of nitrogens with one attached hydrogen (secondary N) is 1. The van der Waals surface area contributed by atoms with E-state index in [1.807, 2.05) is 18.2 Å². The van der Waals surface area contributed by atoms with Crippen molar-refractivity contribution in [2.24, 2.45) is 5.92 Å². The number of ether oxygens (including phenoxy) is 3. The molecule has 1 aliphatic heterocycles. The lowest BCUT2D eigenvalue weighted by Crippen LogP contribution is -2.45. The van der Waals surface area contributed by atoms with E-state index in [0.29, 0.717) is 12.0 Å². The van der Waals surface area contributed by atoms with Gasteiger partial charge in [0, 0.05) is 12.6 Å². The Bertz CT molecular complexity index is 412. The largest absolute Gasteiger partial charge is 0.493 e. The summed E-state index contributed by atoms with van der Waals surface area (Å²) < 4.78 is 16.5. The van der Waals surface area contributed by atoms with Crippen molar-refractivity contribution in [2.75, 3.05) is 27.4 Å². The molecular formula is C15H23NO3. The molecule has 2 unspecified atom stereocenters. The molecule has 1 aromatic rings. The average Bonchev–Trinajstić information content (AvgIpc) is 2.46. The van der Waals surface area contributed by atoms with Gasteiger partial charge in [0.2, 0.25) is 0 Å². The molecule has 0 aromatic heterocycles. The predicted molar refractivity (Wildman–Crippen MR) is 74.9 cm³/mol. The highest BCUT2D eigenvalue weighted by atomic mass is 16.5. The quantitative estimate of drug-likeness (QED) is 0.907. The predicted octanol–water partition coefficient (Wildman–Crippen LogP) is 2.39. The Kier molecular flexibility index (Phi) is 4.66. The second-order valence-corrected chi connectivity index (χ2v) is 5.20. The zero-order valence-corrected chi connectivity index (χ0v) is 12.1. The van der Waals surface area contributed by atoms with E-state index in [1.54, 1.807) is 14.2 Å². The summed E-state index contributed by atoms with van der Waals surface area (Å²) in [7, 11) is 3.29. The normalized spacial score (nSPS) is 23.4. The van der Waals surface area contributed by atoms with Crippen LogP contribution in [0.15, 0.2) is 18.2 Å². The first kappa shape index (κ1) is 14.2. The first-order valence-corrected chi connectivity index (χ1v) is 6.72. The summed E-state index contributed by atoms with van der Waals surface area (Å²) in [5.74, 6) is 2.08. The van der Waals surface area contributed by atoms with E-state index < -0.39 is 0 Å². The Hall–Kier alpha value is -1.26. The van der Waals surface area contributed by atoms with Gasteiger partial charge >= 0.3 is 0 Å². The van der Waals surface area contributed by atoms with Crippen LogP contribution < -0.4 is 14.8 Å². The van der Waals surface area contributed by atoms with Crippen molar-refractivity contribution in [3.63, 3.8) is 0 Å². The number of benzene rings is 1. The highest BCUT2D eigenvalue weighted by molar-refractivity contribution is 5.43. The van der Waals surface area contributed by atoms with E-state index in [2.05, 4.69) is 19.2 Å². The highest BCUT2D eigenvalue weighted by Gasteiger charge is 2.24. The Morgan fingerprint density at radius 3 is 2.47 bits per heavy atom. The summed E-state index contributed by atoms with van der Waals surface area (Å²) in [6.07, 6.45) is 0.0785. The third-order valence-corrected chi connectivity index (χ3v) is 3.63. The molecular weight excluding hydrogens is 242 g/mol. The fourth-order valence-electron chi connectivity index (χ4n) is 2.29. The molecule has 0 spiro atoms. The van der Waals surface area contributed by atoms with Crippen LogP contribution in [0.25, 0.3) is 0 Å². The zero-order valence-electron chi connectivity index (χ0n) is 12.1. The zero-order chi connectivity index (χ0) is 13.8. The number of morpholine rings is 1. The topological polar surface area (TPSA) is 39.7 Å². The maximum Gasteiger partial charge on any atom is 0.161 e. The highest BCUT2D eigenvalue weighted by Crippen LogP contribution is 2.31. The van der Waals surface area contributed by atoms with Gasteiger partial charge in [-0.2, -0.15) is 0 Å². The van der Waals surface area contributed by atoms with Crippen LogP contribution >= 0.6 is 0 Å². The van der Waals surface area contributed by atoms with Gasteiger partial charge in [0.05, 0.1) is 26.9 Å². The van der Waals surface area contributed by atoms with Crippen molar-refractivity contribution in [1.82, 2.24) is 5.32 Å². The summed E-state index contributed by atoms with van der Waals surface area (Å²) in [4.78, 5) is 0. The van der Waals surface area contributed by atoms with Crippen LogP contribution in [-0.4, -0.2) is 33.4 Å². The molecule has 1 heterocycles. The summed E-state index contributed by atoms with van der Waals surface area (Å²) in [6, 6.07) is 6.38. The molecule has 19 heavy (non-hydrogen) atoms. The summed E-state index contributed by atoms with van der Waals surface area (Å²) in [6.45, 7) is 5.99. The molecule has 0 radical (unpaired) electrons. The van der Waals surface area contributed by atoms with Crippen molar-refractivity contribution < 1.29 is 14.2 Å². The Labute approximate surface area is 115 Å². The van der Waals surface area contributed by atoms with Gasteiger partial charge in [0.25, 0.3) is 0 Å². The molecule has 1 aliphatic rings. The standard InChI is InChI=1S/C15H23NO3/c1-10(2)12-9-19-15(8-16-12)11-5-6-13(17-3)14(7-11)18-4/h5-7,10,12,15-16H,8-9H2,1-4H3. The molecule has 0 saturated carbocycles. The smallest absolute Gasteiger partial charge is 0.161 e. The maximum atomic E-state index is 5.95. The number of rotatable bonds is 4. The molecule has 4 heteroatoms. The second kappa shape index (κ2) is 6.26. The van der Waals surface area contributed by atoms with Gasteiger partial charge in [-0.25, -0.2) is 0 Å². The molecule has 0 bridgehead atoms. The average molecular weight is 265 g/mol. The minimum atomic E-state index is 0.0785. The van der Waals surface area contributed by atoms with E-state index in [1.165, 1.54) is 0 Å². The van der Waals surface area contributed by atoms with Gasteiger partial charge in [0.1, 0.15) is 0 Å². The second-order valence-electron chi connectivity index (χ2n) is 5.20. The fraction of sp³-hybridized carbons (Fsp3) is 0.600. The molecule has 4 nitrogen and oxygen atoms in total. The molecule has 1 N–H and O–H groups in total.